The van der Waals surface area contributed by atoms with Crippen LogP contribution in [0.5, 0.6) is 5.75 Å². The number of ether oxygens (including phenoxy) is 1. The Labute approximate surface area is 164 Å². The van der Waals surface area contributed by atoms with E-state index in [0.717, 1.165) is 35.4 Å². The summed E-state index contributed by atoms with van der Waals surface area (Å²) in [7, 11) is 1.63. The summed E-state index contributed by atoms with van der Waals surface area (Å²) >= 11 is 0. The van der Waals surface area contributed by atoms with Gasteiger partial charge in [-0.25, -0.2) is 0 Å². The fraction of sp³-hybridized carbons (Fsp3) is 0.409. The highest BCUT2D eigenvalue weighted by molar-refractivity contribution is 5.77. The van der Waals surface area contributed by atoms with Crippen molar-refractivity contribution in [3.63, 3.8) is 0 Å². The van der Waals surface area contributed by atoms with Gasteiger partial charge in [0.05, 0.1) is 7.11 Å². The first-order valence-electron chi connectivity index (χ1n) is 9.49. The van der Waals surface area contributed by atoms with Crippen molar-refractivity contribution < 1.29 is 9.53 Å². The molecule has 1 aliphatic rings. The van der Waals surface area contributed by atoms with E-state index in [1.54, 1.807) is 14.0 Å². The minimum atomic E-state index is -0.369. The SMILES string of the molecule is COc1ccc(CN(C(=O)CCc2c(C)[nH]c(=O)c(C#N)c2C)C2CC2)cc1. The molecule has 0 aliphatic heterocycles. The molecular formula is C22H25N3O3. The van der Waals surface area contributed by atoms with Crippen molar-refractivity contribution in [3.05, 3.63) is 62.6 Å². The summed E-state index contributed by atoms with van der Waals surface area (Å²) in [6.07, 6.45) is 2.94. The summed E-state index contributed by atoms with van der Waals surface area (Å²) < 4.78 is 5.19. The number of nitrogens with one attached hydrogen (secondary N) is 1. The van der Waals surface area contributed by atoms with E-state index in [0.29, 0.717) is 31.0 Å². The highest BCUT2D eigenvalue weighted by Crippen LogP contribution is 2.30. The van der Waals surface area contributed by atoms with Crippen molar-refractivity contribution >= 4 is 5.91 Å². The Bertz CT molecular complexity index is 966. The van der Waals surface area contributed by atoms with Crippen LogP contribution < -0.4 is 10.3 Å². The maximum absolute atomic E-state index is 12.9. The number of hydrogen-bond acceptors (Lipinski definition) is 4. The van der Waals surface area contributed by atoms with Gasteiger partial charge < -0.3 is 14.6 Å². The number of methoxy groups -OCH3 is 1. The molecule has 0 bridgehead atoms. The molecule has 3 rings (SSSR count). The molecule has 28 heavy (non-hydrogen) atoms. The Morgan fingerprint density at radius 3 is 2.54 bits per heavy atom. The lowest BCUT2D eigenvalue weighted by atomic mass is 9.99. The maximum Gasteiger partial charge on any atom is 0.266 e. The lowest BCUT2D eigenvalue weighted by Gasteiger charge is -2.23. The number of rotatable bonds is 7. The van der Waals surface area contributed by atoms with Crippen LogP contribution in [0.1, 0.15) is 47.2 Å². The van der Waals surface area contributed by atoms with Gasteiger partial charge in [0.25, 0.3) is 5.56 Å². The van der Waals surface area contributed by atoms with Gasteiger partial charge in [-0.3, -0.25) is 9.59 Å². The Hall–Kier alpha value is -3.07. The fourth-order valence-electron chi connectivity index (χ4n) is 3.53. The number of H-pyrrole nitrogens is 1. The van der Waals surface area contributed by atoms with Crippen molar-refractivity contribution in [2.45, 2.75) is 52.1 Å². The third kappa shape index (κ3) is 4.25. The normalized spacial score (nSPS) is 13.1. The Balaban J connectivity index is 1.72. The van der Waals surface area contributed by atoms with Gasteiger partial charge in [-0.2, -0.15) is 5.26 Å². The number of hydrogen-bond donors (Lipinski definition) is 1. The Morgan fingerprint density at radius 1 is 1.29 bits per heavy atom. The summed E-state index contributed by atoms with van der Waals surface area (Å²) in [6.45, 7) is 4.17. The molecule has 1 saturated carbocycles. The van der Waals surface area contributed by atoms with Gasteiger partial charge in [-0.05, 0) is 61.9 Å². The smallest absolute Gasteiger partial charge is 0.266 e. The molecule has 0 radical (unpaired) electrons. The molecule has 0 atom stereocenters. The van der Waals surface area contributed by atoms with Gasteiger partial charge in [-0.15, -0.1) is 0 Å². The number of aromatic nitrogens is 1. The van der Waals surface area contributed by atoms with Gasteiger partial charge >= 0.3 is 0 Å². The third-order valence-corrected chi connectivity index (χ3v) is 5.33. The van der Waals surface area contributed by atoms with Crippen molar-refractivity contribution in [1.82, 2.24) is 9.88 Å². The highest BCUT2D eigenvalue weighted by Gasteiger charge is 2.32. The van der Waals surface area contributed by atoms with E-state index in [9.17, 15) is 14.9 Å². The lowest BCUT2D eigenvalue weighted by Crippen LogP contribution is -2.33. The summed E-state index contributed by atoms with van der Waals surface area (Å²) in [5, 5.41) is 9.21. The second-order valence-electron chi connectivity index (χ2n) is 7.27. The third-order valence-electron chi connectivity index (χ3n) is 5.33. The first-order chi connectivity index (χ1) is 13.4. The summed E-state index contributed by atoms with van der Waals surface area (Å²) in [5.74, 6) is 0.896. The number of nitriles is 1. The van der Waals surface area contributed by atoms with E-state index in [2.05, 4.69) is 4.98 Å². The molecule has 1 amide bonds. The number of carbonyl (C=O) groups is 1. The van der Waals surface area contributed by atoms with E-state index < -0.39 is 0 Å². The van der Waals surface area contributed by atoms with E-state index in [1.165, 1.54) is 0 Å². The van der Waals surface area contributed by atoms with Crippen LogP contribution in [-0.4, -0.2) is 28.9 Å². The Kier molecular flexibility index (Phi) is 5.84. The molecule has 1 aromatic carbocycles. The van der Waals surface area contributed by atoms with Crippen molar-refractivity contribution in [3.8, 4) is 11.8 Å². The van der Waals surface area contributed by atoms with Crippen LogP contribution in [0.4, 0.5) is 0 Å². The molecule has 0 spiro atoms. The largest absolute Gasteiger partial charge is 0.497 e. The lowest BCUT2D eigenvalue weighted by molar-refractivity contribution is -0.132. The molecule has 1 N–H and O–H groups in total. The number of benzene rings is 1. The fourth-order valence-corrected chi connectivity index (χ4v) is 3.53. The number of nitrogens with zero attached hydrogens (tertiary/aromatic N) is 2. The van der Waals surface area contributed by atoms with Gasteiger partial charge in [0, 0.05) is 24.7 Å². The van der Waals surface area contributed by atoms with Crippen LogP contribution in [-0.2, 0) is 17.8 Å². The van der Waals surface area contributed by atoms with E-state index in [4.69, 9.17) is 4.74 Å². The van der Waals surface area contributed by atoms with Crippen molar-refractivity contribution in [1.29, 1.82) is 5.26 Å². The molecule has 0 unspecified atom stereocenters. The van der Waals surface area contributed by atoms with E-state index in [-0.39, 0.29) is 17.0 Å². The predicted molar refractivity (Wildman–Crippen MR) is 106 cm³/mol. The van der Waals surface area contributed by atoms with Crippen LogP contribution in [0.3, 0.4) is 0 Å². The average molecular weight is 379 g/mol. The zero-order valence-electron chi connectivity index (χ0n) is 16.5. The summed E-state index contributed by atoms with van der Waals surface area (Å²) in [4.78, 5) is 29.5. The molecule has 1 aromatic heterocycles. The monoisotopic (exact) mass is 379 g/mol. The maximum atomic E-state index is 12.9. The van der Waals surface area contributed by atoms with Crippen molar-refractivity contribution in [2.24, 2.45) is 0 Å². The second-order valence-corrected chi connectivity index (χ2v) is 7.27. The second kappa shape index (κ2) is 8.30. The van der Waals surface area contributed by atoms with E-state index in [1.807, 2.05) is 42.2 Å². The topological polar surface area (TPSA) is 86.2 Å². The summed E-state index contributed by atoms with van der Waals surface area (Å²) in [6, 6.07) is 10.0. The van der Waals surface area contributed by atoms with E-state index >= 15 is 0 Å². The van der Waals surface area contributed by atoms with Crippen LogP contribution in [0.15, 0.2) is 29.1 Å². The van der Waals surface area contributed by atoms with Crippen LogP contribution in [0.2, 0.25) is 0 Å². The molecule has 1 aliphatic carbocycles. The summed E-state index contributed by atoms with van der Waals surface area (Å²) in [5.41, 5.74) is 3.11. The number of aromatic amines is 1. The minimum Gasteiger partial charge on any atom is -0.497 e. The number of amides is 1. The molecule has 2 aromatic rings. The molecular weight excluding hydrogens is 354 g/mol. The quantitative estimate of drug-likeness (QED) is 0.801. The molecule has 1 fully saturated rings. The Morgan fingerprint density at radius 2 is 1.96 bits per heavy atom. The zero-order valence-corrected chi connectivity index (χ0v) is 16.5. The van der Waals surface area contributed by atoms with Gasteiger partial charge in [0.2, 0.25) is 5.91 Å². The molecule has 6 heteroatoms. The number of aryl methyl sites for hydroxylation is 1. The average Bonchev–Trinajstić information content (AvgIpc) is 3.51. The minimum absolute atomic E-state index is 0.0989. The van der Waals surface area contributed by atoms with Crippen LogP contribution >= 0.6 is 0 Å². The molecule has 0 saturated heterocycles. The number of carbonyl (C=O) groups excluding carboxylic acids is 1. The van der Waals surface area contributed by atoms with Crippen LogP contribution in [0.25, 0.3) is 0 Å². The molecule has 6 nitrogen and oxygen atoms in total. The predicted octanol–water partition coefficient (Wildman–Crippen LogP) is 3.00. The van der Waals surface area contributed by atoms with Crippen LogP contribution in [0, 0.1) is 25.2 Å². The van der Waals surface area contributed by atoms with Gasteiger partial charge in [-0.1, -0.05) is 12.1 Å². The first-order valence-corrected chi connectivity index (χ1v) is 9.49. The first kappa shape index (κ1) is 19.7. The van der Waals surface area contributed by atoms with Gasteiger partial charge in [0.15, 0.2) is 0 Å². The zero-order chi connectivity index (χ0) is 20.3. The highest BCUT2D eigenvalue weighted by atomic mass is 16.5. The standard InChI is InChI=1S/C22H25N3O3/c1-14-19(15(2)24-22(27)20(14)12-23)10-11-21(26)25(17-6-7-17)13-16-4-8-18(28-3)9-5-16/h4-5,8-9,17H,6-7,10-11,13H2,1-3H3,(H,24,27). The number of pyridine rings is 1. The van der Waals surface area contributed by atoms with Crippen molar-refractivity contribution in [2.75, 3.05) is 7.11 Å². The van der Waals surface area contributed by atoms with Gasteiger partial charge in [0.1, 0.15) is 17.4 Å². The molecule has 146 valence electrons. The molecule has 1 heterocycles.